The van der Waals surface area contributed by atoms with E-state index in [4.69, 9.17) is 26.8 Å². The second kappa shape index (κ2) is 8.05. The number of nitrogen functional groups attached to an aromatic ring is 1. The standard InChI is InChI=1S/C23H20ClNO3/c24-22-10-5-17(15-1-6-18(25)7-2-15)13-21(22)23(26)16-3-8-19(9-4-16)28-20-11-12-27-14-20/h1-10,13,20H,11-12,14,25H2/t20-/m1/s1. The summed E-state index contributed by atoms with van der Waals surface area (Å²) in [5, 5.41) is 0.424. The first-order valence-corrected chi connectivity index (χ1v) is 9.52. The van der Waals surface area contributed by atoms with Gasteiger partial charge in [0.2, 0.25) is 0 Å². The van der Waals surface area contributed by atoms with E-state index < -0.39 is 0 Å². The first-order valence-electron chi connectivity index (χ1n) is 9.15. The zero-order valence-corrected chi connectivity index (χ0v) is 16.0. The minimum atomic E-state index is -0.127. The van der Waals surface area contributed by atoms with Gasteiger partial charge in [0.1, 0.15) is 11.9 Å². The van der Waals surface area contributed by atoms with Crippen molar-refractivity contribution in [2.24, 2.45) is 0 Å². The molecule has 1 heterocycles. The van der Waals surface area contributed by atoms with Crippen LogP contribution in [0.5, 0.6) is 5.75 Å². The molecule has 28 heavy (non-hydrogen) atoms. The van der Waals surface area contributed by atoms with Crippen molar-refractivity contribution in [1.82, 2.24) is 0 Å². The average Bonchev–Trinajstić information content (AvgIpc) is 3.22. The minimum Gasteiger partial charge on any atom is -0.488 e. The van der Waals surface area contributed by atoms with Crippen LogP contribution < -0.4 is 10.5 Å². The Balaban J connectivity index is 1.56. The molecule has 0 bridgehead atoms. The van der Waals surface area contributed by atoms with Gasteiger partial charge in [-0.2, -0.15) is 0 Å². The lowest BCUT2D eigenvalue weighted by Crippen LogP contribution is -2.15. The fraction of sp³-hybridized carbons (Fsp3) is 0.174. The van der Waals surface area contributed by atoms with Crippen molar-refractivity contribution in [3.8, 4) is 16.9 Å². The first kappa shape index (κ1) is 18.5. The van der Waals surface area contributed by atoms with E-state index in [1.54, 1.807) is 18.2 Å². The van der Waals surface area contributed by atoms with Crippen LogP contribution in [-0.4, -0.2) is 25.1 Å². The van der Waals surface area contributed by atoms with Crippen LogP contribution in [0, 0.1) is 0 Å². The summed E-state index contributed by atoms with van der Waals surface area (Å²) < 4.78 is 11.2. The Morgan fingerprint density at radius 1 is 1.00 bits per heavy atom. The number of carbonyl (C=O) groups excluding carboxylic acids is 1. The van der Waals surface area contributed by atoms with Gasteiger partial charge >= 0.3 is 0 Å². The van der Waals surface area contributed by atoms with Crippen molar-refractivity contribution in [1.29, 1.82) is 0 Å². The average molecular weight is 394 g/mol. The normalized spacial score (nSPS) is 16.1. The summed E-state index contributed by atoms with van der Waals surface area (Å²) >= 11 is 6.32. The summed E-state index contributed by atoms with van der Waals surface area (Å²) in [5.74, 6) is 0.604. The van der Waals surface area contributed by atoms with Crippen LogP contribution in [0.2, 0.25) is 5.02 Å². The predicted molar refractivity (Wildman–Crippen MR) is 111 cm³/mol. The molecule has 0 unspecified atom stereocenters. The van der Waals surface area contributed by atoms with E-state index in [0.29, 0.717) is 28.4 Å². The number of benzene rings is 3. The van der Waals surface area contributed by atoms with Crippen LogP contribution in [0.1, 0.15) is 22.3 Å². The summed E-state index contributed by atoms with van der Waals surface area (Å²) in [7, 11) is 0. The van der Waals surface area contributed by atoms with Crippen molar-refractivity contribution in [3.05, 3.63) is 82.9 Å². The maximum absolute atomic E-state index is 13.0. The van der Waals surface area contributed by atoms with E-state index in [2.05, 4.69) is 0 Å². The van der Waals surface area contributed by atoms with E-state index in [0.717, 1.165) is 29.9 Å². The molecule has 1 fully saturated rings. The Labute approximate surface area is 168 Å². The topological polar surface area (TPSA) is 61.6 Å². The van der Waals surface area contributed by atoms with Crippen LogP contribution in [0.15, 0.2) is 66.7 Å². The summed E-state index contributed by atoms with van der Waals surface area (Å²) in [4.78, 5) is 13.0. The van der Waals surface area contributed by atoms with Crippen LogP contribution in [0.25, 0.3) is 11.1 Å². The number of halogens is 1. The van der Waals surface area contributed by atoms with Gasteiger partial charge in [-0.15, -0.1) is 0 Å². The van der Waals surface area contributed by atoms with Crippen LogP contribution in [0.4, 0.5) is 5.69 Å². The fourth-order valence-corrected chi connectivity index (χ4v) is 3.40. The highest BCUT2D eigenvalue weighted by atomic mass is 35.5. The van der Waals surface area contributed by atoms with Crippen molar-refractivity contribution in [2.75, 3.05) is 18.9 Å². The highest BCUT2D eigenvalue weighted by molar-refractivity contribution is 6.35. The highest BCUT2D eigenvalue weighted by Gasteiger charge is 2.18. The molecule has 1 aliphatic rings. The molecular formula is C23H20ClNO3. The number of ether oxygens (including phenoxy) is 2. The number of hydrogen-bond acceptors (Lipinski definition) is 4. The Morgan fingerprint density at radius 3 is 2.39 bits per heavy atom. The van der Waals surface area contributed by atoms with E-state index in [1.807, 2.05) is 48.5 Å². The summed E-state index contributed by atoms with van der Waals surface area (Å²) in [6.45, 7) is 1.33. The zero-order valence-electron chi connectivity index (χ0n) is 15.2. The number of anilines is 1. The van der Waals surface area contributed by atoms with Gasteiger partial charge in [-0.25, -0.2) is 0 Å². The number of carbonyl (C=O) groups is 1. The fourth-order valence-electron chi connectivity index (χ4n) is 3.19. The second-order valence-corrected chi connectivity index (χ2v) is 7.18. The lowest BCUT2D eigenvalue weighted by Gasteiger charge is -2.12. The molecule has 3 aromatic rings. The molecular weight excluding hydrogens is 374 g/mol. The van der Waals surface area contributed by atoms with Gasteiger partial charge in [0.05, 0.1) is 18.2 Å². The predicted octanol–water partition coefficient (Wildman–Crippen LogP) is 4.99. The third-order valence-electron chi connectivity index (χ3n) is 4.76. The van der Waals surface area contributed by atoms with E-state index in [9.17, 15) is 4.79 Å². The monoisotopic (exact) mass is 393 g/mol. The molecule has 5 heteroatoms. The third kappa shape index (κ3) is 4.03. The van der Waals surface area contributed by atoms with E-state index >= 15 is 0 Å². The quantitative estimate of drug-likeness (QED) is 0.490. The molecule has 142 valence electrons. The molecule has 1 saturated heterocycles. The van der Waals surface area contributed by atoms with Gasteiger partial charge in [0, 0.05) is 23.2 Å². The SMILES string of the molecule is Nc1ccc(-c2ccc(Cl)c(C(=O)c3ccc(O[C@@H]4CCOC4)cc3)c2)cc1. The molecule has 0 aromatic heterocycles. The molecule has 4 nitrogen and oxygen atoms in total. The maximum Gasteiger partial charge on any atom is 0.194 e. The minimum absolute atomic E-state index is 0.0765. The van der Waals surface area contributed by atoms with Gasteiger partial charge in [0.25, 0.3) is 0 Å². The lowest BCUT2D eigenvalue weighted by atomic mass is 9.98. The second-order valence-electron chi connectivity index (χ2n) is 6.77. The lowest BCUT2D eigenvalue weighted by molar-refractivity contribution is 0.103. The molecule has 4 rings (SSSR count). The van der Waals surface area contributed by atoms with Crippen molar-refractivity contribution < 1.29 is 14.3 Å². The summed E-state index contributed by atoms with van der Waals surface area (Å²) in [6.07, 6.45) is 0.960. The summed E-state index contributed by atoms with van der Waals surface area (Å²) in [6, 6.07) is 20.1. The van der Waals surface area contributed by atoms with Crippen molar-refractivity contribution in [3.63, 3.8) is 0 Å². The van der Waals surface area contributed by atoms with Gasteiger partial charge in [-0.05, 0) is 59.7 Å². The molecule has 0 aliphatic carbocycles. The molecule has 1 atom stereocenters. The zero-order chi connectivity index (χ0) is 19.5. The van der Waals surface area contributed by atoms with Crippen LogP contribution >= 0.6 is 11.6 Å². The van der Waals surface area contributed by atoms with E-state index in [1.165, 1.54) is 0 Å². The maximum atomic E-state index is 13.0. The number of ketones is 1. The Hall–Kier alpha value is -2.82. The Morgan fingerprint density at radius 2 is 1.71 bits per heavy atom. The highest BCUT2D eigenvalue weighted by Crippen LogP contribution is 2.28. The summed E-state index contributed by atoms with van der Waals surface area (Å²) in [5.41, 5.74) is 9.36. The van der Waals surface area contributed by atoms with Gasteiger partial charge < -0.3 is 15.2 Å². The molecule has 0 amide bonds. The van der Waals surface area contributed by atoms with Crippen LogP contribution in [-0.2, 0) is 4.74 Å². The number of hydrogen-bond donors (Lipinski definition) is 1. The van der Waals surface area contributed by atoms with Crippen molar-refractivity contribution >= 4 is 23.1 Å². The molecule has 0 radical (unpaired) electrons. The van der Waals surface area contributed by atoms with Crippen molar-refractivity contribution in [2.45, 2.75) is 12.5 Å². The number of nitrogens with two attached hydrogens (primary N) is 1. The van der Waals surface area contributed by atoms with Gasteiger partial charge in [-0.1, -0.05) is 29.8 Å². The van der Waals surface area contributed by atoms with E-state index in [-0.39, 0.29) is 11.9 Å². The largest absolute Gasteiger partial charge is 0.488 e. The molecule has 3 aromatic carbocycles. The Bertz CT molecular complexity index is 978. The Kier molecular flexibility index (Phi) is 5.33. The molecule has 0 spiro atoms. The molecule has 2 N–H and O–H groups in total. The first-order chi connectivity index (χ1) is 13.6. The van der Waals surface area contributed by atoms with Gasteiger partial charge in [-0.3, -0.25) is 4.79 Å². The number of rotatable bonds is 5. The van der Waals surface area contributed by atoms with Crippen LogP contribution in [0.3, 0.4) is 0 Å². The molecule has 1 aliphatic heterocycles. The van der Waals surface area contributed by atoms with Gasteiger partial charge in [0.15, 0.2) is 5.78 Å². The third-order valence-corrected chi connectivity index (χ3v) is 5.09. The smallest absolute Gasteiger partial charge is 0.194 e. The molecule has 0 saturated carbocycles.